The van der Waals surface area contributed by atoms with Gasteiger partial charge in [0.15, 0.2) is 0 Å². The van der Waals surface area contributed by atoms with Gasteiger partial charge in [-0.2, -0.15) is 27.7 Å². The van der Waals surface area contributed by atoms with Crippen LogP contribution in [0.4, 0.5) is 30.5 Å². The lowest BCUT2D eigenvalue weighted by atomic mass is 9.95. The van der Waals surface area contributed by atoms with E-state index < -0.39 is 21.8 Å². The third-order valence-electron chi connectivity index (χ3n) is 7.15. The summed E-state index contributed by atoms with van der Waals surface area (Å²) in [5.74, 6) is 0.880. The number of hydrogen-bond acceptors (Lipinski definition) is 8. The highest BCUT2D eigenvalue weighted by molar-refractivity contribution is 7.90. The molecule has 0 spiro atoms. The summed E-state index contributed by atoms with van der Waals surface area (Å²) < 4.78 is 74.8. The maximum Gasteiger partial charge on any atom is 0.418 e. The molecule has 1 saturated heterocycles. The van der Waals surface area contributed by atoms with E-state index in [2.05, 4.69) is 15.3 Å². The standard InChI is InChI=1S/C28H29F3N6O3S/c1-18-15-20(7-9-32)16-19(2)26(18)40-25-8-10-33-27(35-25)34-21-3-6-24(23(17-21)28(29,30)31)36-11-13-37(14-12-36)41(38,39)22-4-5-22/h3,6-8,10,15,17,22H,4-5,11-14,16H2,1-2H3,(H,33,34,35)/b20-7+. The molecule has 2 fully saturated rings. The maximum atomic E-state index is 14.1. The smallest absolute Gasteiger partial charge is 0.418 e. The van der Waals surface area contributed by atoms with Crippen LogP contribution in [-0.2, 0) is 16.2 Å². The lowest BCUT2D eigenvalue weighted by molar-refractivity contribution is -0.137. The van der Waals surface area contributed by atoms with E-state index in [-0.39, 0.29) is 54.6 Å². The fourth-order valence-corrected chi connectivity index (χ4v) is 6.86. The molecule has 0 atom stereocenters. The van der Waals surface area contributed by atoms with Crippen molar-refractivity contribution in [1.82, 2.24) is 14.3 Å². The lowest BCUT2D eigenvalue weighted by Gasteiger charge is -2.36. The normalized spacial score (nSPS) is 19.7. The number of anilines is 3. The van der Waals surface area contributed by atoms with Gasteiger partial charge in [-0.25, -0.2) is 13.4 Å². The first-order valence-electron chi connectivity index (χ1n) is 13.2. The average Bonchev–Trinajstić information content (AvgIpc) is 3.77. The highest BCUT2D eigenvalue weighted by Crippen LogP contribution is 2.40. The zero-order chi connectivity index (χ0) is 29.4. The quantitative estimate of drug-likeness (QED) is 0.435. The molecule has 1 aliphatic heterocycles. The van der Waals surface area contributed by atoms with E-state index in [1.807, 2.05) is 26.0 Å². The number of rotatable bonds is 7. The maximum absolute atomic E-state index is 14.1. The van der Waals surface area contributed by atoms with Crippen molar-refractivity contribution in [2.45, 2.75) is 44.5 Å². The zero-order valence-corrected chi connectivity index (χ0v) is 23.4. The van der Waals surface area contributed by atoms with Gasteiger partial charge in [-0.05, 0) is 68.0 Å². The number of piperazine rings is 1. The second-order valence-corrected chi connectivity index (χ2v) is 12.5. The minimum Gasteiger partial charge on any atom is -0.439 e. The summed E-state index contributed by atoms with van der Waals surface area (Å²) in [6, 6.07) is 7.47. The van der Waals surface area contributed by atoms with Gasteiger partial charge in [0.05, 0.1) is 16.9 Å². The molecular weight excluding hydrogens is 557 g/mol. The van der Waals surface area contributed by atoms with Crippen LogP contribution in [0.3, 0.4) is 0 Å². The second-order valence-electron chi connectivity index (χ2n) is 10.3. The van der Waals surface area contributed by atoms with E-state index in [1.54, 1.807) is 11.0 Å². The van der Waals surface area contributed by atoms with Gasteiger partial charge >= 0.3 is 6.18 Å². The molecule has 41 heavy (non-hydrogen) atoms. The Morgan fingerprint density at radius 1 is 1.15 bits per heavy atom. The van der Waals surface area contributed by atoms with Crippen LogP contribution < -0.4 is 15.0 Å². The predicted molar refractivity (Wildman–Crippen MR) is 148 cm³/mol. The number of alkyl halides is 3. The number of nitrogens with zero attached hydrogens (tertiary/aromatic N) is 5. The molecule has 0 bridgehead atoms. The summed E-state index contributed by atoms with van der Waals surface area (Å²) in [4.78, 5) is 10.0. The molecule has 216 valence electrons. The lowest BCUT2D eigenvalue weighted by Crippen LogP contribution is -2.50. The molecule has 1 aromatic carbocycles. The first-order chi connectivity index (χ1) is 19.5. The van der Waals surface area contributed by atoms with E-state index in [0.29, 0.717) is 25.0 Å². The number of benzene rings is 1. The van der Waals surface area contributed by atoms with E-state index in [1.165, 1.54) is 28.7 Å². The molecule has 9 nitrogen and oxygen atoms in total. The Kier molecular flexibility index (Phi) is 7.80. The van der Waals surface area contributed by atoms with Crippen molar-refractivity contribution in [2.24, 2.45) is 0 Å². The van der Waals surface area contributed by atoms with Crippen LogP contribution in [0.2, 0.25) is 0 Å². The molecular formula is C28H29F3N6O3S. The van der Waals surface area contributed by atoms with Crippen molar-refractivity contribution in [3.63, 3.8) is 0 Å². The number of hydrogen-bond donors (Lipinski definition) is 1. The molecule has 1 aromatic heterocycles. The largest absolute Gasteiger partial charge is 0.439 e. The van der Waals surface area contributed by atoms with Crippen LogP contribution in [-0.4, -0.2) is 54.1 Å². The molecule has 0 radical (unpaired) electrons. The first-order valence-corrected chi connectivity index (χ1v) is 14.7. The highest BCUT2D eigenvalue weighted by Gasteiger charge is 2.42. The van der Waals surface area contributed by atoms with Gasteiger partial charge in [-0.3, -0.25) is 0 Å². The Morgan fingerprint density at radius 3 is 2.51 bits per heavy atom. The van der Waals surface area contributed by atoms with Gasteiger partial charge in [0.1, 0.15) is 5.76 Å². The van der Waals surface area contributed by atoms with E-state index >= 15 is 0 Å². The highest BCUT2D eigenvalue weighted by atomic mass is 32.2. The van der Waals surface area contributed by atoms with Gasteiger partial charge in [0.2, 0.25) is 21.9 Å². The van der Waals surface area contributed by atoms with E-state index in [4.69, 9.17) is 10.00 Å². The number of aromatic nitrogens is 2. The van der Waals surface area contributed by atoms with Gasteiger partial charge < -0.3 is 15.0 Å². The number of sulfonamides is 1. The summed E-state index contributed by atoms with van der Waals surface area (Å²) >= 11 is 0. The van der Waals surface area contributed by atoms with Gasteiger partial charge in [-0.15, -0.1) is 0 Å². The fourth-order valence-electron chi connectivity index (χ4n) is 5.03. The van der Waals surface area contributed by atoms with E-state index in [0.717, 1.165) is 22.8 Å². The molecule has 1 N–H and O–H groups in total. The van der Waals surface area contributed by atoms with Crippen LogP contribution in [0, 0.1) is 11.3 Å². The van der Waals surface area contributed by atoms with Gasteiger partial charge in [0, 0.05) is 55.9 Å². The minimum absolute atomic E-state index is 0.00341. The van der Waals surface area contributed by atoms with Gasteiger partial charge in [0.25, 0.3) is 0 Å². The minimum atomic E-state index is -4.64. The molecule has 5 rings (SSSR count). The number of allylic oxidation sites excluding steroid dienone is 5. The van der Waals surface area contributed by atoms with Crippen LogP contribution in [0.15, 0.2) is 65.1 Å². The summed E-state index contributed by atoms with van der Waals surface area (Å²) in [5, 5.41) is 11.4. The summed E-state index contributed by atoms with van der Waals surface area (Å²) in [7, 11) is -3.37. The topological polar surface area (TPSA) is 111 Å². The van der Waals surface area contributed by atoms with Crippen molar-refractivity contribution in [2.75, 3.05) is 36.4 Å². The molecule has 2 heterocycles. The average molecular weight is 587 g/mol. The Bertz CT molecular complexity index is 1580. The van der Waals surface area contributed by atoms with Crippen molar-refractivity contribution in [3.05, 3.63) is 70.7 Å². The molecule has 13 heteroatoms. The monoisotopic (exact) mass is 586 g/mol. The molecule has 0 amide bonds. The molecule has 0 unspecified atom stereocenters. The van der Waals surface area contributed by atoms with Gasteiger partial charge in [-0.1, -0.05) is 6.08 Å². The van der Waals surface area contributed by atoms with Crippen LogP contribution in [0.5, 0.6) is 5.88 Å². The molecule has 1 saturated carbocycles. The first kappa shape index (κ1) is 28.6. The van der Waals surface area contributed by atoms with Crippen molar-refractivity contribution < 1.29 is 26.3 Å². The summed E-state index contributed by atoms with van der Waals surface area (Å²) in [5.41, 5.74) is 1.91. The number of nitrogens with one attached hydrogen (secondary N) is 1. The van der Waals surface area contributed by atoms with E-state index in [9.17, 15) is 21.6 Å². The fraction of sp³-hybridized carbons (Fsp3) is 0.393. The predicted octanol–water partition coefficient (Wildman–Crippen LogP) is 5.31. The second kappa shape index (κ2) is 11.2. The number of nitriles is 1. The molecule has 2 aromatic rings. The molecule has 2 aliphatic carbocycles. The Labute approximate surface area is 236 Å². The SMILES string of the molecule is CC1=C/C(=C\C#N)CC(C)=C1Oc1ccnc(Nc2ccc(N3CCN(S(=O)(=O)C4CC4)CC3)c(C(F)(F)F)c2)n1. The Morgan fingerprint density at radius 2 is 1.88 bits per heavy atom. The summed E-state index contributed by atoms with van der Waals surface area (Å²) in [6.07, 6.45) is 1.98. The van der Waals surface area contributed by atoms with Crippen molar-refractivity contribution in [1.29, 1.82) is 5.26 Å². The molecule has 3 aliphatic rings. The van der Waals surface area contributed by atoms with Crippen molar-refractivity contribution in [3.8, 4) is 11.9 Å². The van der Waals surface area contributed by atoms with Crippen molar-refractivity contribution >= 4 is 27.3 Å². The third kappa shape index (κ3) is 6.39. The van der Waals surface area contributed by atoms with Crippen LogP contribution >= 0.6 is 0 Å². The van der Waals surface area contributed by atoms with Crippen LogP contribution in [0.25, 0.3) is 0 Å². The summed E-state index contributed by atoms with van der Waals surface area (Å²) in [6.45, 7) is 4.39. The Balaban J connectivity index is 1.31. The number of ether oxygens (including phenoxy) is 1. The number of halogens is 3. The Hall–Kier alpha value is -3.89. The zero-order valence-electron chi connectivity index (χ0n) is 22.6. The van der Waals surface area contributed by atoms with Crippen LogP contribution in [0.1, 0.15) is 38.7 Å². The third-order valence-corrected chi connectivity index (χ3v) is 9.55.